The van der Waals surface area contributed by atoms with Gasteiger partial charge in [-0.3, -0.25) is 9.59 Å². The standard InChI is InChI=1S/C36H47FO7/c1-6-25-13-8-7-10-20(2)34(39)31-18-29-27-17-26(44-36(40)35(42-5)21(3)41-4)15-23(27)16-28(22-11-9-12-24(37)14-22)33(29)30(31)19-32(38)43-25/h9,11-12,14,16,18,20,25-30,33,36,40H,6-8,10,13,15,17,19H2,1-5H3/b35-21+/t20-,25+,26-,27-,28?,29+,30-,33-,36+/m1/s1. The Balaban J connectivity index is 1.52. The molecule has 4 aliphatic rings. The maximum absolute atomic E-state index is 14.6. The number of aliphatic hydroxyl groups excluding tert-OH is 1. The van der Waals surface area contributed by atoms with E-state index in [1.165, 1.54) is 25.9 Å². The second-order valence-electron chi connectivity index (χ2n) is 13.0. The monoisotopic (exact) mass is 610 g/mol. The molecule has 240 valence electrons. The number of hydrogen-bond acceptors (Lipinski definition) is 7. The number of fused-ring (bicyclic) bond motifs is 5. The van der Waals surface area contributed by atoms with Gasteiger partial charge < -0.3 is 24.1 Å². The highest BCUT2D eigenvalue weighted by Crippen LogP contribution is 2.58. The molecule has 5 rings (SSSR count). The molecule has 0 amide bonds. The first-order valence-corrected chi connectivity index (χ1v) is 16.2. The average Bonchev–Trinajstić information content (AvgIpc) is 3.58. The van der Waals surface area contributed by atoms with E-state index in [-0.39, 0.29) is 77.5 Å². The number of benzene rings is 1. The second kappa shape index (κ2) is 14.0. The van der Waals surface area contributed by atoms with Crippen LogP contribution >= 0.6 is 0 Å². The molecule has 1 aromatic carbocycles. The molecule has 1 heterocycles. The van der Waals surface area contributed by atoms with E-state index < -0.39 is 6.29 Å². The maximum atomic E-state index is 14.6. The summed E-state index contributed by atoms with van der Waals surface area (Å²) < 4.78 is 37.3. The lowest BCUT2D eigenvalue weighted by atomic mass is 9.64. The number of allylic oxidation sites excluding steroid dienone is 4. The van der Waals surface area contributed by atoms with Gasteiger partial charge in [-0.1, -0.05) is 50.1 Å². The van der Waals surface area contributed by atoms with Crippen molar-refractivity contribution in [2.45, 2.75) is 96.6 Å². The van der Waals surface area contributed by atoms with E-state index in [1.54, 1.807) is 19.1 Å². The molecular weight excluding hydrogens is 563 g/mol. The van der Waals surface area contributed by atoms with Gasteiger partial charge in [-0.25, -0.2) is 4.39 Å². The van der Waals surface area contributed by atoms with Gasteiger partial charge in [0.1, 0.15) is 17.7 Å². The Hall–Kier alpha value is -2.97. The van der Waals surface area contributed by atoms with Crippen molar-refractivity contribution >= 4 is 11.8 Å². The lowest BCUT2D eigenvalue weighted by Gasteiger charge is -2.40. The first-order chi connectivity index (χ1) is 21.1. The number of halogens is 1. The number of aliphatic hydroxyl groups is 1. The summed E-state index contributed by atoms with van der Waals surface area (Å²) >= 11 is 0. The van der Waals surface area contributed by atoms with Gasteiger partial charge in [0.05, 0.1) is 26.7 Å². The molecule has 1 aromatic rings. The first kappa shape index (κ1) is 32.4. The number of ketones is 1. The summed E-state index contributed by atoms with van der Waals surface area (Å²) in [5.74, 6) is -0.579. The van der Waals surface area contributed by atoms with E-state index in [0.717, 1.165) is 43.2 Å². The van der Waals surface area contributed by atoms with Gasteiger partial charge in [-0.05, 0) is 86.5 Å². The zero-order valence-electron chi connectivity index (χ0n) is 26.6. The lowest BCUT2D eigenvalue weighted by molar-refractivity contribution is -0.151. The maximum Gasteiger partial charge on any atom is 0.306 e. The normalized spacial score (nSPS) is 33.7. The number of carbonyl (C=O) groups is 2. The molecular formula is C36H47FO7. The number of carbonyl (C=O) groups excluding carboxylic acids is 2. The van der Waals surface area contributed by atoms with Crippen LogP contribution in [0.25, 0.3) is 0 Å². The van der Waals surface area contributed by atoms with E-state index in [1.807, 2.05) is 19.9 Å². The molecule has 1 N–H and O–H groups in total. The number of hydrogen-bond donors (Lipinski definition) is 1. The van der Waals surface area contributed by atoms with Crippen LogP contribution in [0.1, 0.15) is 83.6 Å². The molecule has 1 saturated heterocycles. The van der Waals surface area contributed by atoms with E-state index in [0.29, 0.717) is 18.6 Å². The van der Waals surface area contributed by atoms with E-state index in [9.17, 15) is 19.1 Å². The number of cyclic esters (lactones) is 1. The van der Waals surface area contributed by atoms with E-state index in [4.69, 9.17) is 18.9 Å². The van der Waals surface area contributed by atoms with Crippen LogP contribution in [0, 0.1) is 35.4 Å². The molecule has 7 nitrogen and oxygen atoms in total. The summed E-state index contributed by atoms with van der Waals surface area (Å²) in [7, 11) is 2.97. The van der Waals surface area contributed by atoms with Crippen molar-refractivity contribution in [2.75, 3.05) is 14.2 Å². The third-order valence-electron chi connectivity index (χ3n) is 10.3. The fourth-order valence-electron chi connectivity index (χ4n) is 8.07. The second-order valence-corrected chi connectivity index (χ2v) is 13.0. The zero-order valence-corrected chi connectivity index (χ0v) is 26.6. The molecule has 0 spiro atoms. The molecule has 2 fully saturated rings. The zero-order chi connectivity index (χ0) is 31.5. The summed E-state index contributed by atoms with van der Waals surface area (Å²) in [4.78, 5) is 27.5. The van der Waals surface area contributed by atoms with Crippen LogP contribution in [0.4, 0.5) is 4.39 Å². The SMILES string of the molecule is CC[C@H]1CCCC[C@@H](C)C(=O)C2=C[C@@H]3[C@@H](C(c4cccc(F)c4)C=C4C[C@@H](O[C@H](O)/C(OC)=C(/C)OC)C[C@H]43)[C@@H]2CC(=O)O1. The van der Waals surface area contributed by atoms with Gasteiger partial charge in [0.15, 0.2) is 11.5 Å². The molecule has 1 unspecified atom stereocenters. The Bertz CT molecular complexity index is 1320. The molecule has 8 heteroatoms. The highest BCUT2D eigenvalue weighted by molar-refractivity contribution is 5.98. The van der Waals surface area contributed by atoms with Crippen LogP contribution in [-0.2, 0) is 28.5 Å². The minimum atomic E-state index is -1.29. The topological polar surface area (TPSA) is 91.3 Å². The third-order valence-corrected chi connectivity index (χ3v) is 10.3. The molecule has 0 bridgehead atoms. The Morgan fingerprint density at radius 1 is 1.09 bits per heavy atom. The summed E-state index contributed by atoms with van der Waals surface area (Å²) in [5, 5.41) is 10.9. The largest absolute Gasteiger partial charge is 0.498 e. The fraction of sp³-hybridized carbons (Fsp3) is 0.611. The van der Waals surface area contributed by atoms with Crippen molar-refractivity contribution < 1.29 is 38.0 Å². The molecule has 0 aromatic heterocycles. The first-order valence-electron chi connectivity index (χ1n) is 16.2. The summed E-state index contributed by atoms with van der Waals surface area (Å²) in [6, 6.07) is 6.65. The van der Waals surface area contributed by atoms with Crippen LogP contribution in [0.15, 0.2) is 59.1 Å². The predicted octanol–water partition coefficient (Wildman–Crippen LogP) is 6.77. The Kier molecular flexibility index (Phi) is 10.3. The van der Waals surface area contributed by atoms with Gasteiger partial charge in [-0.15, -0.1) is 0 Å². The van der Waals surface area contributed by atoms with Crippen LogP contribution in [-0.4, -0.2) is 49.6 Å². The Morgan fingerprint density at radius 2 is 1.86 bits per heavy atom. The number of Topliss-reactive ketones (excluding diaryl/α,β-unsaturated/α-hetero) is 1. The van der Waals surface area contributed by atoms with Crippen molar-refractivity contribution in [1.29, 1.82) is 0 Å². The molecule has 1 saturated carbocycles. The fourth-order valence-corrected chi connectivity index (χ4v) is 8.07. The number of ether oxygens (including phenoxy) is 4. The van der Waals surface area contributed by atoms with Crippen LogP contribution in [0.3, 0.4) is 0 Å². The van der Waals surface area contributed by atoms with Crippen molar-refractivity contribution in [1.82, 2.24) is 0 Å². The van der Waals surface area contributed by atoms with Crippen molar-refractivity contribution in [3.63, 3.8) is 0 Å². The highest BCUT2D eigenvalue weighted by Gasteiger charge is 2.53. The average molecular weight is 611 g/mol. The van der Waals surface area contributed by atoms with Gasteiger partial charge in [0.25, 0.3) is 0 Å². The summed E-state index contributed by atoms with van der Waals surface area (Å²) in [5.41, 5.74) is 2.72. The van der Waals surface area contributed by atoms with Gasteiger partial charge >= 0.3 is 5.97 Å². The summed E-state index contributed by atoms with van der Waals surface area (Å²) in [6.07, 6.45) is 8.20. The minimum Gasteiger partial charge on any atom is -0.498 e. The van der Waals surface area contributed by atoms with Crippen molar-refractivity contribution in [2.24, 2.45) is 29.6 Å². The van der Waals surface area contributed by atoms with E-state index >= 15 is 0 Å². The van der Waals surface area contributed by atoms with Crippen LogP contribution in [0.2, 0.25) is 0 Å². The smallest absolute Gasteiger partial charge is 0.306 e. The molecule has 0 radical (unpaired) electrons. The molecule has 9 atom stereocenters. The van der Waals surface area contributed by atoms with Gasteiger partial charge in [0, 0.05) is 17.8 Å². The van der Waals surface area contributed by atoms with Crippen molar-refractivity contribution in [3.05, 3.63) is 70.5 Å². The van der Waals surface area contributed by atoms with Crippen LogP contribution < -0.4 is 0 Å². The van der Waals surface area contributed by atoms with Gasteiger partial charge in [-0.2, -0.15) is 0 Å². The van der Waals surface area contributed by atoms with Gasteiger partial charge in [0.2, 0.25) is 6.29 Å². The number of esters is 1. The summed E-state index contributed by atoms with van der Waals surface area (Å²) in [6.45, 7) is 5.74. The number of methoxy groups -OCH3 is 2. The van der Waals surface area contributed by atoms with Crippen molar-refractivity contribution in [3.8, 4) is 0 Å². The van der Waals surface area contributed by atoms with E-state index in [2.05, 4.69) is 12.2 Å². The highest BCUT2D eigenvalue weighted by atomic mass is 19.1. The van der Waals surface area contributed by atoms with Crippen LogP contribution in [0.5, 0.6) is 0 Å². The quantitative estimate of drug-likeness (QED) is 0.158. The molecule has 44 heavy (non-hydrogen) atoms. The Labute approximate surface area is 260 Å². The predicted molar refractivity (Wildman–Crippen MR) is 164 cm³/mol. The number of rotatable bonds is 7. The minimum absolute atomic E-state index is 0.0387. The Morgan fingerprint density at radius 3 is 2.57 bits per heavy atom. The third kappa shape index (κ3) is 6.66. The molecule has 3 aliphatic carbocycles. The lowest BCUT2D eigenvalue weighted by Crippen LogP contribution is -2.35. The molecule has 1 aliphatic heterocycles.